The van der Waals surface area contributed by atoms with E-state index in [2.05, 4.69) is 16.6 Å². The van der Waals surface area contributed by atoms with Crippen molar-refractivity contribution in [1.29, 1.82) is 0 Å². The number of esters is 1. The second-order valence-electron chi connectivity index (χ2n) is 3.02. The van der Waals surface area contributed by atoms with Gasteiger partial charge in [-0.2, -0.15) is 0 Å². The molecule has 2 nitrogen and oxygen atoms in total. The van der Waals surface area contributed by atoms with Gasteiger partial charge in [0, 0.05) is 5.56 Å². The van der Waals surface area contributed by atoms with Crippen LogP contribution in [-0.4, -0.2) is 13.1 Å². The van der Waals surface area contributed by atoms with Crippen molar-refractivity contribution >= 4 is 5.97 Å². The van der Waals surface area contributed by atoms with Crippen LogP contribution in [0.15, 0.2) is 18.2 Å². The lowest BCUT2D eigenvalue weighted by molar-refractivity contribution is -0.139. The molecule has 3 heteroatoms. The Morgan fingerprint density at radius 3 is 2.87 bits per heavy atom. The maximum absolute atomic E-state index is 13.1. The summed E-state index contributed by atoms with van der Waals surface area (Å²) in [5.41, 5.74) is 1.13. The number of methoxy groups -OCH3 is 1. The zero-order valence-electron chi connectivity index (χ0n) is 8.63. The van der Waals surface area contributed by atoms with Crippen LogP contribution in [0.4, 0.5) is 4.39 Å². The minimum atomic E-state index is -0.393. The van der Waals surface area contributed by atoms with Gasteiger partial charge in [-0.05, 0) is 24.6 Å². The molecule has 78 valence electrons. The number of hydrogen-bond acceptors (Lipinski definition) is 2. The van der Waals surface area contributed by atoms with E-state index >= 15 is 0 Å². The van der Waals surface area contributed by atoms with Gasteiger partial charge in [0.2, 0.25) is 0 Å². The average molecular weight is 206 g/mol. The predicted molar refractivity (Wildman–Crippen MR) is 54.6 cm³/mol. The van der Waals surface area contributed by atoms with Crippen LogP contribution in [0.1, 0.15) is 17.5 Å². The van der Waals surface area contributed by atoms with Crippen LogP contribution in [0.3, 0.4) is 0 Å². The zero-order chi connectivity index (χ0) is 11.3. The number of carbonyl (C=O) groups excluding carboxylic acids is 1. The zero-order valence-corrected chi connectivity index (χ0v) is 8.63. The van der Waals surface area contributed by atoms with Gasteiger partial charge in [-0.3, -0.25) is 4.79 Å². The van der Waals surface area contributed by atoms with E-state index in [1.165, 1.54) is 13.2 Å². The van der Waals surface area contributed by atoms with Crippen LogP contribution in [-0.2, 0) is 9.53 Å². The second kappa shape index (κ2) is 5.16. The number of carbonyl (C=O) groups is 1. The first-order chi connectivity index (χ1) is 7.13. The summed E-state index contributed by atoms with van der Waals surface area (Å²) in [7, 11) is 1.30. The molecule has 0 saturated carbocycles. The molecule has 0 radical (unpaired) electrons. The molecule has 0 N–H and O–H groups in total. The summed E-state index contributed by atoms with van der Waals surface area (Å²) in [5.74, 6) is 4.61. The molecule has 0 amide bonds. The first-order valence-corrected chi connectivity index (χ1v) is 4.45. The molecule has 1 aromatic rings. The summed E-state index contributed by atoms with van der Waals surface area (Å²) in [6.45, 7) is 1.68. The van der Waals surface area contributed by atoms with E-state index < -0.39 is 5.97 Å². The Balaban J connectivity index is 2.72. The minimum absolute atomic E-state index is 0.0198. The van der Waals surface area contributed by atoms with Gasteiger partial charge in [-0.15, -0.1) is 0 Å². The van der Waals surface area contributed by atoms with Crippen molar-refractivity contribution in [1.82, 2.24) is 0 Å². The van der Waals surface area contributed by atoms with Gasteiger partial charge in [-0.1, -0.05) is 17.9 Å². The Kier molecular flexibility index (Phi) is 3.87. The molecule has 0 fully saturated rings. The third-order valence-corrected chi connectivity index (χ3v) is 1.86. The number of rotatable bonds is 1. The molecule has 0 spiro atoms. The summed E-state index contributed by atoms with van der Waals surface area (Å²) in [6.07, 6.45) is 0.0198. The van der Waals surface area contributed by atoms with Crippen molar-refractivity contribution in [3.05, 3.63) is 35.1 Å². The highest BCUT2D eigenvalue weighted by Crippen LogP contribution is 2.07. The van der Waals surface area contributed by atoms with Crippen LogP contribution in [0, 0.1) is 24.6 Å². The number of hydrogen-bond donors (Lipinski definition) is 0. The molecule has 1 rings (SSSR count). The Labute approximate surface area is 88.1 Å². The van der Waals surface area contributed by atoms with Gasteiger partial charge < -0.3 is 4.74 Å². The van der Waals surface area contributed by atoms with E-state index in [4.69, 9.17) is 0 Å². The van der Waals surface area contributed by atoms with Gasteiger partial charge in [0.25, 0.3) is 0 Å². The topological polar surface area (TPSA) is 26.3 Å². The largest absolute Gasteiger partial charge is 0.468 e. The van der Waals surface area contributed by atoms with Crippen LogP contribution in [0.5, 0.6) is 0 Å². The smallest absolute Gasteiger partial charge is 0.317 e. The molecule has 0 unspecified atom stereocenters. The Hall–Kier alpha value is -1.82. The maximum Gasteiger partial charge on any atom is 0.317 e. The first-order valence-electron chi connectivity index (χ1n) is 4.45. The number of aryl methyl sites for hydroxylation is 1. The van der Waals surface area contributed by atoms with E-state index in [9.17, 15) is 9.18 Å². The SMILES string of the molecule is COC(=O)CC#Cc1ccc(C)c(F)c1. The molecule has 0 aromatic heterocycles. The Morgan fingerprint density at radius 2 is 2.27 bits per heavy atom. The molecule has 0 heterocycles. The van der Waals surface area contributed by atoms with Crippen molar-refractivity contribution in [2.24, 2.45) is 0 Å². The molecule has 1 aromatic carbocycles. The maximum atomic E-state index is 13.1. The standard InChI is InChI=1S/C12H11FO2/c1-9-6-7-10(8-11(9)13)4-3-5-12(14)15-2/h6-8H,5H2,1-2H3. The van der Waals surface area contributed by atoms with Crippen molar-refractivity contribution in [3.63, 3.8) is 0 Å². The fraction of sp³-hybridized carbons (Fsp3) is 0.250. The quantitative estimate of drug-likeness (QED) is 0.519. The lowest BCUT2D eigenvalue weighted by Gasteiger charge is -1.95. The lowest BCUT2D eigenvalue weighted by atomic mass is 10.1. The Bertz CT molecular complexity index is 427. The molecule has 0 atom stereocenters. The average Bonchev–Trinajstić information content (AvgIpc) is 2.23. The summed E-state index contributed by atoms with van der Waals surface area (Å²) in [5, 5.41) is 0. The van der Waals surface area contributed by atoms with E-state index in [-0.39, 0.29) is 12.2 Å². The second-order valence-corrected chi connectivity index (χ2v) is 3.02. The highest BCUT2D eigenvalue weighted by molar-refractivity contribution is 5.72. The molecule has 0 bridgehead atoms. The van der Waals surface area contributed by atoms with Gasteiger partial charge in [0.1, 0.15) is 12.2 Å². The van der Waals surface area contributed by atoms with Crippen molar-refractivity contribution in [2.45, 2.75) is 13.3 Å². The van der Waals surface area contributed by atoms with Crippen LogP contribution < -0.4 is 0 Å². The van der Waals surface area contributed by atoms with Gasteiger partial charge >= 0.3 is 5.97 Å². The molecular formula is C12H11FO2. The molecule has 0 aliphatic rings. The summed E-state index contributed by atoms with van der Waals surface area (Å²) >= 11 is 0. The predicted octanol–water partition coefficient (Wildman–Crippen LogP) is 2.05. The van der Waals surface area contributed by atoms with Crippen molar-refractivity contribution < 1.29 is 13.9 Å². The third kappa shape index (κ3) is 3.43. The van der Waals surface area contributed by atoms with Crippen molar-refractivity contribution in [2.75, 3.05) is 7.11 Å². The fourth-order valence-corrected chi connectivity index (χ4v) is 0.961. The number of halogens is 1. The van der Waals surface area contributed by atoms with E-state index in [0.29, 0.717) is 11.1 Å². The van der Waals surface area contributed by atoms with Crippen molar-refractivity contribution in [3.8, 4) is 11.8 Å². The highest BCUT2D eigenvalue weighted by Gasteiger charge is 1.97. The third-order valence-electron chi connectivity index (χ3n) is 1.86. The number of benzene rings is 1. The van der Waals surface area contributed by atoms with Crippen LogP contribution >= 0.6 is 0 Å². The number of ether oxygens (including phenoxy) is 1. The summed E-state index contributed by atoms with van der Waals surface area (Å²) in [4.78, 5) is 10.7. The van der Waals surface area contributed by atoms with Gasteiger partial charge in [0.05, 0.1) is 7.11 Å². The monoisotopic (exact) mass is 206 g/mol. The van der Waals surface area contributed by atoms with E-state index in [1.807, 2.05) is 0 Å². The molecule has 0 saturated heterocycles. The summed E-state index contributed by atoms with van der Waals surface area (Å²) < 4.78 is 17.5. The lowest BCUT2D eigenvalue weighted by Crippen LogP contribution is -1.97. The van der Waals surface area contributed by atoms with Gasteiger partial charge in [0.15, 0.2) is 0 Å². The molecule has 15 heavy (non-hydrogen) atoms. The van der Waals surface area contributed by atoms with Crippen LogP contribution in [0.2, 0.25) is 0 Å². The normalized spacial score (nSPS) is 9.00. The fourth-order valence-electron chi connectivity index (χ4n) is 0.961. The molecule has 0 aliphatic heterocycles. The Morgan fingerprint density at radius 1 is 1.53 bits per heavy atom. The highest BCUT2D eigenvalue weighted by atomic mass is 19.1. The van der Waals surface area contributed by atoms with Gasteiger partial charge in [-0.25, -0.2) is 4.39 Å². The van der Waals surface area contributed by atoms with Crippen LogP contribution in [0.25, 0.3) is 0 Å². The first kappa shape index (κ1) is 11.3. The summed E-state index contributed by atoms with van der Waals surface area (Å²) in [6, 6.07) is 4.71. The van der Waals surface area contributed by atoms with E-state index in [1.54, 1.807) is 19.1 Å². The molecular weight excluding hydrogens is 195 g/mol. The molecule has 0 aliphatic carbocycles. The minimum Gasteiger partial charge on any atom is -0.468 e. The van der Waals surface area contributed by atoms with E-state index in [0.717, 1.165) is 0 Å².